The Kier molecular flexibility index (Phi) is 7.46. The van der Waals surface area contributed by atoms with E-state index in [4.69, 9.17) is 10.00 Å². The Morgan fingerprint density at radius 3 is 2.47 bits per heavy atom. The van der Waals surface area contributed by atoms with Crippen LogP contribution in [-0.2, 0) is 14.3 Å². The summed E-state index contributed by atoms with van der Waals surface area (Å²) in [6.07, 6.45) is 2.06. The van der Waals surface area contributed by atoms with Crippen LogP contribution in [0.5, 0.6) is 0 Å². The molecule has 1 aliphatic rings. The average Bonchev–Trinajstić information content (AvgIpc) is 3.32. The molecule has 7 nitrogen and oxygen atoms in total. The zero-order valence-corrected chi connectivity index (χ0v) is 17.1. The number of esters is 1. The summed E-state index contributed by atoms with van der Waals surface area (Å²) in [7, 11) is 0. The third kappa shape index (κ3) is 5.84. The second-order valence-corrected chi connectivity index (χ2v) is 7.70. The van der Waals surface area contributed by atoms with Crippen LogP contribution in [0.2, 0.25) is 0 Å². The van der Waals surface area contributed by atoms with E-state index in [1.165, 1.54) is 11.8 Å². The van der Waals surface area contributed by atoms with Crippen molar-refractivity contribution in [3.8, 4) is 6.07 Å². The maximum Gasteiger partial charge on any atom is 0.339 e. The van der Waals surface area contributed by atoms with Crippen molar-refractivity contribution in [3.63, 3.8) is 0 Å². The Morgan fingerprint density at radius 2 is 1.77 bits per heavy atom. The molecule has 0 atom stereocenters. The highest BCUT2D eigenvalue weighted by atomic mass is 32.2. The highest BCUT2D eigenvalue weighted by Crippen LogP contribution is 2.24. The fourth-order valence-corrected chi connectivity index (χ4v) is 3.94. The molecular weight excluding hydrogens is 402 g/mol. The monoisotopic (exact) mass is 423 g/mol. The maximum absolute atomic E-state index is 12.5. The molecule has 1 aliphatic heterocycles. The lowest BCUT2D eigenvalue weighted by Gasteiger charge is -2.15. The van der Waals surface area contributed by atoms with E-state index in [9.17, 15) is 14.4 Å². The van der Waals surface area contributed by atoms with Crippen LogP contribution in [0.1, 0.15) is 28.8 Å². The summed E-state index contributed by atoms with van der Waals surface area (Å²) in [6.45, 7) is 1.14. The quantitative estimate of drug-likeness (QED) is 0.543. The fraction of sp³-hybridized carbons (Fsp3) is 0.273. The summed E-state index contributed by atoms with van der Waals surface area (Å²) >= 11 is 1.29. The number of likely N-dealkylation sites (tertiary alicyclic amines) is 1. The summed E-state index contributed by atoms with van der Waals surface area (Å²) in [5.41, 5.74) is 1.31. The Morgan fingerprint density at radius 1 is 1.07 bits per heavy atom. The molecule has 2 aromatic rings. The SMILES string of the molecule is N#Cc1ccc(NC(=O)COC(=O)c2ccccc2SCC(=O)N2CCCC2)cc1. The van der Waals surface area contributed by atoms with Crippen molar-refractivity contribution in [2.24, 2.45) is 0 Å². The van der Waals surface area contributed by atoms with Crippen LogP contribution < -0.4 is 5.32 Å². The number of rotatable bonds is 7. The van der Waals surface area contributed by atoms with Gasteiger partial charge in [0.2, 0.25) is 5.91 Å². The van der Waals surface area contributed by atoms with Gasteiger partial charge in [0.25, 0.3) is 5.91 Å². The van der Waals surface area contributed by atoms with E-state index in [1.54, 1.807) is 48.5 Å². The number of anilines is 1. The van der Waals surface area contributed by atoms with Gasteiger partial charge in [-0.25, -0.2) is 4.79 Å². The molecule has 0 bridgehead atoms. The molecule has 2 amide bonds. The predicted molar refractivity (Wildman–Crippen MR) is 113 cm³/mol. The summed E-state index contributed by atoms with van der Waals surface area (Å²) in [4.78, 5) is 39.2. The van der Waals surface area contributed by atoms with Crippen LogP contribution in [-0.4, -0.2) is 48.1 Å². The van der Waals surface area contributed by atoms with E-state index < -0.39 is 18.5 Å². The zero-order valence-electron chi connectivity index (χ0n) is 16.3. The Bertz CT molecular complexity index is 963. The molecule has 0 radical (unpaired) electrons. The van der Waals surface area contributed by atoms with Crippen LogP contribution >= 0.6 is 11.8 Å². The van der Waals surface area contributed by atoms with Gasteiger partial charge in [-0.2, -0.15) is 5.26 Å². The Balaban J connectivity index is 1.52. The van der Waals surface area contributed by atoms with Crippen LogP contribution in [0.3, 0.4) is 0 Å². The van der Waals surface area contributed by atoms with E-state index in [2.05, 4.69) is 5.32 Å². The molecule has 0 aromatic heterocycles. The van der Waals surface area contributed by atoms with Gasteiger partial charge in [-0.1, -0.05) is 12.1 Å². The van der Waals surface area contributed by atoms with E-state index in [0.29, 0.717) is 21.7 Å². The van der Waals surface area contributed by atoms with Gasteiger partial charge in [0.15, 0.2) is 6.61 Å². The smallest absolute Gasteiger partial charge is 0.339 e. The van der Waals surface area contributed by atoms with Crippen LogP contribution in [0.25, 0.3) is 0 Å². The van der Waals surface area contributed by atoms with Crippen molar-refractivity contribution in [3.05, 3.63) is 59.7 Å². The number of hydrogen-bond donors (Lipinski definition) is 1. The minimum absolute atomic E-state index is 0.0578. The van der Waals surface area contributed by atoms with Crippen molar-refractivity contribution in [2.45, 2.75) is 17.7 Å². The van der Waals surface area contributed by atoms with Gasteiger partial charge in [-0.15, -0.1) is 11.8 Å². The molecule has 1 saturated heterocycles. The third-order valence-corrected chi connectivity index (χ3v) is 5.61. The molecule has 3 rings (SSSR count). The first-order chi connectivity index (χ1) is 14.6. The molecule has 1 N–H and O–H groups in total. The summed E-state index contributed by atoms with van der Waals surface area (Å²) < 4.78 is 5.14. The third-order valence-electron chi connectivity index (χ3n) is 4.55. The number of carbonyl (C=O) groups is 3. The highest BCUT2D eigenvalue weighted by molar-refractivity contribution is 8.00. The first-order valence-corrected chi connectivity index (χ1v) is 10.5. The van der Waals surface area contributed by atoms with Crippen molar-refractivity contribution >= 4 is 35.2 Å². The number of carbonyl (C=O) groups excluding carboxylic acids is 3. The lowest BCUT2D eigenvalue weighted by molar-refractivity contribution is -0.127. The fourth-order valence-electron chi connectivity index (χ4n) is 2.99. The highest BCUT2D eigenvalue weighted by Gasteiger charge is 2.20. The Hall–Kier alpha value is -3.31. The van der Waals surface area contributed by atoms with Gasteiger partial charge in [-0.05, 0) is 49.2 Å². The number of amides is 2. The molecule has 2 aromatic carbocycles. The topological polar surface area (TPSA) is 99.5 Å². The molecule has 154 valence electrons. The lowest BCUT2D eigenvalue weighted by Crippen LogP contribution is -2.29. The van der Waals surface area contributed by atoms with E-state index >= 15 is 0 Å². The zero-order chi connectivity index (χ0) is 21.3. The van der Waals surface area contributed by atoms with Crippen LogP contribution in [0.4, 0.5) is 5.69 Å². The summed E-state index contributed by atoms with van der Waals surface area (Å²) in [6, 6.07) is 15.2. The molecule has 0 saturated carbocycles. The van der Waals surface area contributed by atoms with Crippen molar-refractivity contribution in [1.29, 1.82) is 5.26 Å². The molecule has 8 heteroatoms. The van der Waals surface area contributed by atoms with Crippen LogP contribution in [0, 0.1) is 11.3 Å². The summed E-state index contributed by atoms with van der Waals surface area (Å²) in [5, 5.41) is 11.4. The van der Waals surface area contributed by atoms with E-state index in [1.807, 2.05) is 11.0 Å². The van der Waals surface area contributed by atoms with E-state index in [0.717, 1.165) is 25.9 Å². The largest absolute Gasteiger partial charge is 0.452 e. The Labute approximate surface area is 179 Å². The van der Waals surface area contributed by atoms with Crippen LogP contribution in [0.15, 0.2) is 53.4 Å². The van der Waals surface area contributed by atoms with Crippen molar-refractivity contribution < 1.29 is 19.1 Å². The van der Waals surface area contributed by atoms with Gasteiger partial charge in [0.05, 0.1) is 22.9 Å². The number of thioether (sulfide) groups is 1. The molecule has 0 unspecified atom stereocenters. The molecule has 30 heavy (non-hydrogen) atoms. The van der Waals surface area contributed by atoms with Gasteiger partial charge in [0.1, 0.15) is 0 Å². The number of nitriles is 1. The second-order valence-electron chi connectivity index (χ2n) is 6.69. The number of benzene rings is 2. The number of nitrogens with one attached hydrogen (secondary N) is 1. The van der Waals surface area contributed by atoms with Gasteiger partial charge in [-0.3, -0.25) is 9.59 Å². The minimum atomic E-state index is -0.623. The summed E-state index contributed by atoms with van der Waals surface area (Å²) in [5.74, 6) is -0.796. The van der Waals surface area contributed by atoms with E-state index in [-0.39, 0.29) is 11.7 Å². The van der Waals surface area contributed by atoms with Gasteiger partial charge >= 0.3 is 5.97 Å². The normalized spacial score (nSPS) is 12.8. The molecule has 1 fully saturated rings. The standard InChI is InChI=1S/C22H21N3O4S/c23-13-16-7-9-17(10-8-16)24-20(26)14-29-22(28)18-5-1-2-6-19(18)30-15-21(27)25-11-3-4-12-25/h1-2,5-10H,3-4,11-12,14-15H2,(H,24,26). The minimum Gasteiger partial charge on any atom is -0.452 e. The molecule has 0 aliphatic carbocycles. The molecule has 0 spiro atoms. The van der Waals surface area contributed by atoms with Crippen molar-refractivity contribution in [2.75, 3.05) is 30.8 Å². The maximum atomic E-state index is 12.5. The average molecular weight is 423 g/mol. The molecule has 1 heterocycles. The van der Waals surface area contributed by atoms with Gasteiger partial charge < -0.3 is 15.0 Å². The van der Waals surface area contributed by atoms with Gasteiger partial charge in [0, 0.05) is 23.7 Å². The number of hydrogen-bond acceptors (Lipinski definition) is 6. The van der Waals surface area contributed by atoms with Crippen molar-refractivity contribution in [1.82, 2.24) is 4.90 Å². The molecular formula is C22H21N3O4S. The predicted octanol–water partition coefficient (Wildman–Crippen LogP) is 3.07. The number of ether oxygens (including phenoxy) is 1. The first-order valence-electron chi connectivity index (χ1n) is 9.53. The second kappa shape index (κ2) is 10.5. The first kappa shape index (κ1) is 21.4. The number of nitrogens with zero attached hydrogens (tertiary/aromatic N) is 2. The lowest BCUT2D eigenvalue weighted by atomic mass is 10.2.